The standard InChI is InChI=1S/C14H18N2O2/c17-15-10-14(16-18)13-8-6-12(7-9-13)11-4-2-1-3-5-11/h6-11,17-18H,1-5H2. The van der Waals surface area contributed by atoms with Crippen LogP contribution in [-0.2, 0) is 0 Å². The second-order valence-corrected chi connectivity index (χ2v) is 4.69. The third-order valence-corrected chi connectivity index (χ3v) is 3.57. The molecule has 18 heavy (non-hydrogen) atoms. The average molecular weight is 246 g/mol. The molecule has 1 aliphatic carbocycles. The third kappa shape index (κ3) is 2.88. The Morgan fingerprint density at radius 2 is 1.72 bits per heavy atom. The molecule has 4 heteroatoms. The highest BCUT2D eigenvalue weighted by molar-refractivity contribution is 6.37. The number of rotatable bonds is 3. The van der Waals surface area contributed by atoms with Crippen LogP contribution < -0.4 is 0 Å². The highest BCUT2D eigenvalue weighted by Gasteiger charge is 2.15. The molecular formula is C14H18N2O2. The first-order valence-corrected chi connectivity index (χ1v) is 6.35. The van der Waals surface area contributed by atoms with Gasteiger partial charge in [-0.2, -0.15) is 0 Å². The van der Waals surface area contributed by atoms with Crippen molar-refractivity contribution >= 4 is 11.9 Å². The largest absolute Gasteiger partial charge is 0.411 e. The molecule has 1 aromatic carbocycles. The summed E-state index contributed by atoms with van der Waals surface area (Å²) in [6.45, 7) is 0. The van der Waals surface area contributed by atoms with Crippen LogP contribution in [0, 0.1) is 0 Å². The fourth-order valence-corrected chi connectivity index (χ4v) is 2.57. The molecule has 1 saturated carbocycles. The van der Waals surface area contributed by atoms with E-state index in [0.29, 0.717) is 5.92 Å². The molecule has 0 atom stereocenters. The van der Waals surface area contributed by atoms with E-state index in [1.54, 1.807) is 0 Å². The molecule has 2 rings (SSSR count). The van der Waals surface area contributed by atoms with Crippen molar-refractivity contribution in [1.29, 1.82) is 0 Å². The maximum absolute atomic E-state index is 8.81. The average Bonchev–Trinajstić information content (AvgIpc) is 2.46. The first-order chi connectivity index (χ1) is 8.85. The van der Waals surface area contributed by atoms with Gasteiger partial charge in [-0.1, -0.05) is 53.8 Å². The summed E-state index contributed by atoms with van der Waals surface area (Å²) in [5.74, 6) is 0.661. The topological polar surface area (TPSA) is 65.2 Å². The lowest BCUT2D eigenvalue weighted by Crippen LogP contribution is -2.06. The van der Waals surface area contributed by atoms with Crippen LogP contribution in [0.2, 0.25) is 0 Å². The fourth-order valence-electron chi connectivity index (χ4n) is 2.57. The minimum Gasteiger partial charge on any atom is -0.411 e. The molecule has 0 aromatic heterocycles. The van der Waals surface area contributed by atoms with Crippen LogP contribution in [0.25, 0.3) is 0 Å². The van der Waals surface area contributed by atoms with Crippen molar-refractivity contribution in [2.75, 3.05) is 0 Å². The van der Waals surface area contributed by atoms with Crippen LogP contribution in [0.1, 0.15) is 49.1 Å². The van der Waals surface area contributed by atoms with Crippen LogP contribution >= 0.6 is 0 Å². The van der Waals surface area contributed by atoms with Gasteiger partial charge in [-0.25, -0.2) is 0 Å². The molecular weight excluding hydrogens is 228 g/mol. The van der Waals surface area contributed by atoms with Crippen LogP contribution in [0.15, 0.2) is 34.6 Å². The summed E-state index contributed by atoms with van der Waals surface area (Å²) < 4.78 is 0. The normalized spacial score (nSPS) is 18.3. The molecule has 1 fully saturated rings. The van der Waals surface area contributed by atoms with E-state index in [2.05, 4.69) is 22.4 Å². The lowest BCUT2D eigenvalue weighted by atomic mass is 9.84. The Hall–Kier alpha value is -1.84. The number of oxime groups is 2. The van der Waals surface area contributed by atoms with Crippen LogP contribution in [-0.4, -0.2) is 22.3 Å². The smallest absolute Gasteiger partial charge is 0.131 e. The molecule has 2 N–H and O–H groups in total. The minimum atomic E-state index is 0.257. The predicted molar refractivity (Wildman–Crippen MR) is 70.9 cm³/mol. The molecule has 0 spiro atoms. The zero-order valence-corrected chi connectivity index (χ0v) is 10.3. The van der Waals surface area contributed by atoms with Gasteiger partial charge < -0.3 is 10.4 Å². The Kier molecular flexibility index (Phi) is 4.34. The predicted octanol–water partition coefficient (Wildman–Crippen LogP) is 3.37. The summed E-state index contributed by atoms with van der Waals surface area (Å²) in [7, 11) is 0. The number of nitrogens with zero attached hydrogens (tertiary/aromatic N) is 2. The highest BCUT2D eigenvalue weighted by atomic mass is 16.4. The number of benzene rings is 1. The van der Waals surface area contributed by atoms with Crippen molar-refractivity contribution in [2.45, 2.75) is 38.0 Å². The van der Waals surface area contributed by atoms with Gasteiger partial charge in [-0.05, 0) is 24.3 Å². The minimum absolute atomic E-state index is 0.257. The van der Waals surface area contributed by atoms with E-state index in [1.807, 2.05) is 12.1 Å². The van der Waals surface area contributed by atoms with Crippen LogP contribution in [0.4, 0.5) is 0 Å². The van der Waals surface area contributed by atoms with Crippen molar-refractivity contribution in [3.63, 3.8) is 0 Å². The molecule has 1 aliphatic rings. The van der Waals surface area contributed by atoms with Gasteiger partial charge in [0.2, 0.25) is 0 Å². The fraction of sp³-hybridized carbons (Fsp3) is 0.429. The molecule has 0 heterocycles. The van der Waals surface area contributed by atoms with E-state index >= 15 is 0 Å². The van der Waals surface area contributed by atoms with Crippen molar-refractivity contribution in [1.82, 2.24) is 0 Å². The zero-order valence-electron chi connectivity index (χ0n) is 10.3. The Morgan fingerprint density at radius 1 is 1.06 bits per heavy atom. The molecule has 96 valence electrons. The Morgan fingerprint density at radius 3 is 2.28 bits per heavy atom. The molecule has 1 aromatic rings. The zero-order chi connectivity index (χ0) is 12.8. The summed E-state index contributed by atoms with van der Waals surface area (Å²) in [4.78, 5) is 0. The lowest BCUT2D eigenvalue weighted by Gasteiger charge is -2.22. The SMILES string of the molecule is ON=CC(=NO)c1ccc(C2CCCCC2)cc1. The molecule has 4 nitrogen and oxygen atoms in total. The van der Waals surface area contributed by atoms with Crippen LogP contribution in [0.5, 0.6) is 0 Å². The molecule has 0 unspecified atom stereocenters. The summed E-state index contributed by atoms with van der Waals surface area (Å²) in [5, 5.41) is 23.3. The van der Waals surface area contributed by atoms with Gasteiger partial charge in [-0.3, -0.25) is 0 Å². The van der Waals surface area contributed by atoms with Gasteiger partial charge >= 0.3 is 0 Å². The number of hydrogen-bond acceptors (Lipinski definition) is 4. The van der Waals surface area contributed by atoms with Crippen molar-refractivity contribution in [2.24, 2.45) is 10.3 Å². The van der Waals surface area contributed by atoms with Gasteiger partial charge in [0.05, 0.1) is 6.21 Å². The van der Waals surface area contributed by atoms with Gasteiger partial charge in [0.1, 0.15) is 5.71 Å². The van der Waals surface area contributed by atoms with E-state index in [9.17, 15) is 0 Å². The first-order valence-electron chi connectivity index (χ1n) is 6.35. The molecule has 0 radical (unpaired) electrons. The van der Waals surface area contributed by atoms with Gasteiger partial charge in [0.25, 0.3) is 0 Å². The highest BCUT2D eigenvalue weighted by Crippen LogP contribution is 2.32. The van der Waals surface area contributed by atoms with Crippen molar-refractivity contribution < 1.29 is 10.4 Å². The maximum atomic E-state index is 8.81. The molecule has 0 saturated heterocycles. The third-order valence-electron chi connectivity index (χ3n) is 3.57. The summed E-state index contributed by atoms with van der Waals surface area (Å²) >= 11 is 0. The Labute approximate surface area is 107 Å². The van der Waals surface area contributed by atoms with Gasteiger partial charge in [0.15, 0.2) is 0 Å². The van der Waals surface area contributed by atoms with E-state index in [4.69, 9.17) is 10.4 Å². The van der Waals surface area contributed by atoms with Crippen molar-refractivity contribution in [3.8, 4) is 0 Å². The lowest BCUT2D eigenvalue weighted by molar-refractivity contribution is 0.316. The first kappa shape index (κ1) is 12.6. The quantitative estimate of drug-likeness (QED) is 0.488. The summed E-state index contributed by atoms with van der Waals surface area (Å²) in [6, 6.07) is 7.95. The number of hydrogen-bond donors (Lipinski definition) is 2. The maximum Gasteiger partial charge on any atom is 0.131 e. The van der Waals surface area contributed by atoms with E-state index < -0.39 is 0 Å². The van der Waals surface area contributed by atoms with Crippen molar-refractivity contribution in [3.05, 3.63) is 35.4 Å². The van der Waals surface area contributed by atoms with E-state index in [1.165, 1.54) is 37.7 Å². The summed E-state index contributed by atoms with van der Waals surface area (Å²) in [6.07, 6.45) is 7.62. The van der Waals surface area contributed by atoms with E-state index in [0.717, 1.165) is 11.8 Å². The molecule has 0 bridgehead atoms. The second kappa shape index (κ2) is 6.19. The van der Waals surface area contributed by atoms with Gasteiger partial charge in [0, 0.05) is 5.56 Å². The molecule has 0 aliphatic heterocycles. The van der Waals surface area contributed by atoms with Crippen LogP contribution in [0.3, 0.4) is 0 Å². The Bertz CT molecular complexity index is 432. The summed E-state index contributed by atoms with van der Waals surface area (Å²) in [5.41, 5.74) is 2.35. The Balaban J connectivity index is 2.14. The molecule has 0 amide bonds. The monoisotopic (exact) mass is 246 g/mol. The van der Waals surface area contributed by atoms with Gasteiger partial charge in [-0.15, -0.1) is 0 Å². The second-order valence-electron chi connectivity index (χ2n) is 4.69. The van der Waals surface area contributed by atoms with E-state index in [-0.39, 0.29) is 5.71 Å².